The first-order valence-corrected chi connectivity index (χ1v) is 10.7. The van der Waals surface area contributed by atoms with Gasteiger partial charge in [0.25, 0.3) is 0 Å². The van der Waals surface area contributed by atoms with Crippen LogP contribution in [0.5, 0.6) is 5.75 Å². The molecule has 0 saturated heterocycles. The van der Waals surface area contributed by atoms with Crippen LogP contribution in [0.1, 0.15) is 19.8 Å². The molecule has 0 aliphatic heterocycles. The van der Waals surface area contributed by atoms with Crippen LogP contribution in [-0.2, 0) is 9.53 Å². The lowest BCUT2D eigenvalue weighted by atomic mass is 10.0. The van der Waals surface area contributed by atoms with Gasteiger partial charge in [0.15, 0.2) is 0 Å². The molecule has 1 heterocycles. The number of benzene rings is 2. The highest BCUT2D eigenvalue weighted by Gasteiger charge is 2.55. The fourth-order valence-corrected chi connectivity index (χ4v) is 4.95. The quantitative estimate of drug-likeness (QED) is 0.320. The van der Waals surface area contributed by atoms with E-state index in [1.807, 2.05) is 36.4 Å². The van der Waals surface area contributed by atoms with Crippen molar-refractivity contribution >= 4 is 27.4 Å². The van der Waals surface area contributed by atoms with Gasteiger partial charge in [-0.2, -0.15) is 13.2 Å². The molecule has 31 heavy (non-hydrogen) atoms. The van der Waals surface area contributed by atoms with Gasteiger partial charge in [0.05, 0.1) is 0 Å². The molecule has 7 heteroatoms. The highest BCUT2D eigenvalue weighted by molar-refractivity contribution is 7.22. The van der Waals surface area contributed by atoms with Crippen molar-refractivity contribution in [1.82, 2.24) is 0 Å². The van der Waals surface area contributed by atoms with Crippen LogP contribution in [0.3, 0.4) is 0 Å². The van der Waals surface area contributed by atoms with Crippen molar-refractivity contribution in [2.45, 2.75) is 38.1 Å². The van der Waals surface area contributed by atoms with Gasteiger partial charge in [-0.25, -0.2) is 4.79 Å². The molecule has 0 spiro atoms. The van der Waals surface area contributed by atoms with Gasteiger partial charge in [0, 0.05) is 15.2 Å². The molecule has 162 valence electrons. The molecule has 2 aromatic carbocycles. The van der Waals surface area contributed by atoms with E-state index in [0.717, 1.165) is 20.5 Å². The van der Waals surface area contributed by atoms with E-state index in [9.17, 15) is 18.0 Å². The van der Waals surface area contributed by atoms with Crippen molar-refractivity contribution in [3.05, 3.63) is 66.7 Å². The molecule has 1 aliphatic rings. The van der Waals surface area contributed by atoms with Gasteiger partial charge in [0.2, 0.25) is 0 Å². The summed E-state index contributed by atoms with van der Waals surface area (Å²) in [5, 5.41) is 1.00. The number of esters is 1. The molecular weight excluding hydrogens is 425 g/mol. The third-order valence-electron chi connectivity index (χ3n) is 5.36. The number of fused-ring (bicyclic) bond motifs is 1. The van der Waals surface area contributed by atoms with Crippen molar-refractivity contribution in [3.8, 4) is 16.2 Å². The smallest absolute Gasteiger partial charge is 0.398 e. The van der Waals surface area contributed by atoms with Gasteiger partial charge in [0.1, 0.15) is 23.9 Å². The van der Waals surface area contributed by atoms with E-state index in [1.165, 1.54) is 6.92 Å². The molecule has 3 nitrogen and oxygen atoms in total. The Kier molecular flexibility index (Phi) is 5.79. The normalized spacial score (nSPS) is 21.2. The lowest BCUT2D eigenvalue weighted by Gasteiger charge is -2.27. The highest BCUT2D eigenvalue weighted by atomic mass is 32.1. The van der Waals surface area contributed by atoms with Crippen LogP contribution in [0.15, 0.2) is 66.7 Å². The summed E-state index contributed by atoms with van der Waals surface area (Å²) < 4.78 is 53.1. The van der Waals surface area contributed by atoms with E-state index >= 15 is 0 Å². The first-order chi connectivity index (χ1) is 14.7. The molecule has 0 N–H and O–H groups in total. The Hall–Kier alpha value is -2.80. The summed E-state index contributed by atoms with van der Waals surface area (Å²) in [7, 11) is 0. The van der Waals surface area contributed by atoms with Crippen LogP contribution >= 0.6 is 11.3 Å². The van der Waals surface area contributed by atoms with E-state index in [4.69, 9.17) is 9.47 Å². The second-order valence-corrected chi connectivity index (χ2v) is 8.79. The van der Waals surface area contributed by atoms with Gasteiger partial charge >= 0.3 is 12.1 Å². The number of alkyl halides is 3. The van der Waals surface area contributed by atoms with Crippen LogP contribution in [0.4, 0.5) is 13.2 Å². The van der Waals surface area contributed by atoms with E-state index in [1.54, 1.807) is 23.5 Å². The predicted molar refractivity (Wildman–Crippen MR) is 115 cm³/mol. The Bertz CT molecular complexity index is 1100. The summed E-state index contributed by atoms with van der Waals surface area (Å²) in [6.07, 6.45) is -6.70. The van der Waals surface area contributed by atoms with E-state index in [2.05, 4.69) is 12.6 Å². The summed E-state index contributed by atoms with van der Waals surface area (Å²) in [4.78, 5) is 12.9. The molecule has 0 amide bonds. The Morgan fingerprint density at radius 1 is 1.06 bits per heavy atom. The number of carbonyl (C=O) groups is 1. The van der Waals surface area contributed by atoms with Crippen molar-refractivity contribution < 1.29 is 27.4 Å². The molecule has 1 aliphatic carbocycles. The molecule has 3 aromatic rings. The minimum Gasteiger partial charge on any atom is -0.490 e. The predicted octanol–water partition coefficient (Wildman–Crippen LogP) is 6.78. The van der Waals surface area contributed by atoms with Gasteiger partial charge in [-0.3, -0.25) is 0 Å². The van der Waals surface area contributed by atoms with Crippen molar-refractivity contribution in [1.29, 1.82) is 0 Å². The number of ether oxygens (including phenoxy) is 2. The van der Waals surface area contributed by atoms with Crippen molar-refractivity contribution in [2.75, 3.05) is 0 Å². The number of rotatable bonds is 5. The molecule has 1 saturated carbocycles. The third-order valence-corrected chi connectivity index (χ3v) is 6.51. The van der Waals surface area contributed by atoms with Crippen LogP contribution in [0, 0.1) is 5.92 Å². The van der Waals surface area contributed by atoms with Crippen LogP contribution in [0.25, 0.3) is 20.5 Å². The average Bonchev–Trinajstić information content (AvgIpc) is 3.32. The van der Waals surface area contributed by atoms with E-state index in [0.29, 0.717) is 5.75 Å². The van der Waals surface area contributed by atoms with Crippen molar-refractivity contribution in [2.24, 2.45) is 5.92 Å². The molecule has 0 radical (unpaired) electrons. The molecule has 1 aromatic heterocycles. The Morgan fingerprint density at radius 2 is 1.77 bits per heavy atom. The van der Waals surface area contributed by atoms with Crippen LogP contribution in [0.2, 0.25) is 0 Å². The van der Waals surface area contributed by atoms with Gasteiger partial charge in [-0.05, 0) is 55.0 Å². The third kappa shape index (κ3) is 4.61. The topological polar surface area (TPSA) is 35.5 Å². The van der Waals surface area contributed by atoms with E-state index in [-0.39, 0.29) is 18.4 Å². The minimum atomic E-state index is -4.55. The van der Waals surface area contributed by atoms with Crippen molar-refractivity contribution in [3.63, 3.8) is 0 Å². The SMILES string of the molecule is C=C(C)C(=O)OC1CCC(Oc2ccc3cc(-c4ccccc4)sc3c2)C1C(F)(F)F. The number of hydrogen-bond donors (Lipinski definition) is 0. The summed E-state index contributed by atoms with van der Waals surface area (Å²) in [5.74, 6) is -2.32. The Labute approximate surface area is 182 Å². The number of hydrogen-bond acceptors (Lipinski definition) is 4. The fraction of sp³-hybridized carbons (Fsp3) is 0.292. The maximum absolute atomic E-state index is 13.8. The zero-order chi connectivity index (χ0) is 22.2. The van der Waals surface area contributed by atoms with Gasteiger partial charge in [-0.1, -0.05) is 36.9 Å². The Balaban J connectivity index is 1.56. The average molecular weight is 446 g/mol. The zero-order valence-electron chi connectivity index (χ0n) is 16.8. The zero-order valence-corrected chi connectivity index (χ0v) is 17.6. The lowest BCUT2D eigenvalue weighted by Crippen LogP contribution is -2.41. The number of thiophene rings is 1. The van der Waals surface area contributed by atoms with Crippen LogP contribution in [-0.4, -0.2) is 24.4 Å². The maximum atomic E-state index is 13.8. The van der Waals surface area contributed by atoms with Gasteiger partial charge in [-0.15, -0.1) is 11.3 Å². The molecule has 0 bridgehead atoms. The first-order valence-electron chi connectivity index (χ1n) is 9.91. The molecule has 3 unspecified atom stereocenters. The second kappa shape index (κ2) is 8.38. The number of carbonyl (C=O) groups excluding carboxylic acids is 1. The standard InChI is InChI=1S/C24H21F3O3S/c1-14(2)23(28)30-19-11-10-18(22(19)24(25,26)27)29-17-9-8-16-12-20(31-21(16)13-17)15-6-4-3-5-7-15/h3-9,12-13,18-19,22H,1,10-11H2,2H3. The summed E-state index contributed by atoms with van der Waals surface area (Å²) in [6, 6.07) is 17.3. The second-order valence-electron chi connectivity index (χ2n) is 7.70. The fourth-order valence-electron chi connectivity index (χ4n) is 3.86. The minimum absolute atomic E-state index is 0.0719. The van der Waals surface area contributed by atoms with Gasteiger partial charge < -0.3 is 9.47 Å². The summed E-state index contributed by atoms with van der Waals surface area (Å²) in [5.41, 5.74) is 1.16. The molecule has 1 fully saturated rings. The maximum Gasteiger partial charge on any atom is 0.398 e. The molecule has 3 atom stereocenters. The lowest BCUT2D eigenvalue weighted by molar-refractivity contribution is -0.215. The monoisotopic (exact) mass is 446 g/mol. The Morgan fingerprint density at radius 3 is 2.45 bits per heavy atom. The van der Waals surface area contributed by atoms with Crippen LogP contribution < -0.4 is 4.74 Å². The molecular formula is C24H21F3O3S. The highest BCUT2D eigenvalue weighted by Crippen LogP contribution is 2.43. The summed E-state index contributed by atoms with van der Waals surface area (Å²) in [6.45, 7) is 4.85. The molecule has 4 rings (SSSR count). The number of halogens is 3. The summed E-state index contributed by atoms with van der Waals surface area (Å²) >= 11 is 1.56. The van der Waals surface area contributed by atoms with E-state index < -0.39 is 30.3 Å². The first kappa shape index (κ1) is 21.4. The largest absolute Gasteiger partial charge is 0.490 e.